The third-order valence-electron chi connectivity index (χ3n) is 2.25. The molecule has 0 radical (unpaired) electrons. The highest BCUT2D eigenvalue weighted by Crippen LogP contribution is 2.15. The van der Waals surface area contributed by atoms with E-state index in [4.69, 9.17) is 23.2 Å². The molecule has 0 aromatic heterocycles. The summed E-state index contributed by atoms with van der Waals surface area (Å²) in [6.07, 6.45) is 3.48. The quantitative estimate of drug-likeness (QED) is 0.634. The van der Waals surface area contributed by atoms with Crippen molar-refractivity contribution in [2.75, 3.05) is 0 Å². The lowest BCUT2D eigenvalue weighted by atomic mass is 10.2. The molecule has 0 saturated heterocycles. The standard InChI is InChI=1S/2C8H7Cl/c2*1-2-7-5-3-4-6-8(7)9/h2*2-6H,1H2. The topological polar surface area (TPSA) is 0 Å². The summed E-state index contributed by atoms with van der Waals surface area (Å²) < 4.78 is 0. The van der Waals surface area contributed by atoms with Crippen molar-refractivity contribution in [3.63, 3.8) is 0 Å². The Morgan fingerprint density at radius 2 is 1.00 bits per heavy atom. The highest BCUT2D eigenvalue weighted by atomic mass is 35.5. The third-order valence-corrected chi connectivity index (χ3v) is 2.94. The first-order valence-electron chi connectivity index (χ1n) is 5.43. The van der Waals surface area contributed by atoms with Crippen LogP contribution in [-0.2, 0) is 0 Å². The fourth-order valence-electron chi connectivity index (χ4n) is 1.28. The van der Waals surface area contributed by atoms with E-state index in [0.717, 1.165) is 21.2 Å². The van der Waals surface area contributed by atoms with Gasteiger partial charge in [-0.3, -0.25) is 0 Å². The lowest BCUT2D eigenvalue weighted by Gasteiger charge is -1.92. The van der Waals surface area contributed by atoms with E-state index >= 15 is 0 Å². The number of rotatable bonds is 2. The highest BCUT2D eigenvalue weighted by Gasteiger charge is 1.90. The van der Waals surface area contributed by atoms with Crippen molar-refractivity contribution >= 4 is 35.4 Å². The van der Waals surface area contributed by atoms with Crippen molar-refractivity contribution in [2.45, 2.75) is 0 Å². The minimum Gasteiger partial charge on any atom is -0.0984 e. The second kappa shape index (κ2) is 7.75. The lowest BCUT2D eigenvalue weighted by molar-refractivity contribution is 1.66. The van der Waals surface area contributed by atoms with Gasteiger partial charge in [-0.2, -0.15) is 0 Å². The molecule has 0 aliphatic rings. The summed E-state index contributed by atoms with van der Waals surface area (Å²) in [6, 6.07) is 15.2. The fourth-order valence-corrected chi connectivity index (χ4v) is 1.71. The Balaban J connectivity index is 0.000000180. The maximum Gasteiger partial charge on any atom is 0.0478 e. The summed E-state index contributed by atoms with van der Waals surface area (Å²) in [4.78, 5) is 0. The molecule has 0 unspecified atom stereocenters. The molecule has 0 heterocycles. The van der Waals surface area contributed by atoms with Gasteiger partial charge in [0.15, 0.2) is 0 Å². The van der Waals surface area contributed by atoms with Gasteiger partial charge >= 0.3 is 0 Å². The smallest absolute Gasteiger partial charge is 0.0478 e. The Bertz CT molecular complexity index is 481. The second-order valence-corrected chi connectivity index (χ2v) is 4.27. The molecule has 2 aromatic rings. The van der Waals surface area contributed by atoms with Crippen LogP contribution in [0.25, 0.3) is 12.2 Å². The molecule has 0 N–H and O–H groups in total. The zero-order chi connectivity index (χ0) is 13.4. The Morgan fingerprint density at radius 1 is 0.667 bits per heavy atom. The van der Waals surface area contributed by atoms with Gasteiger partial charge in [0.2, 0.25) is 0 Å². The molecule has 2 aromatic carbocycles. The van der Waals surface area contributed by atoms with Crippen LogP contribution in [-0.4, -0.2) is 0 Å². The molecular weight excluding hydrogens is 263 g/mol. The number of benzene rings is 2. The Hall–Kier alpha value is -1.50. The van der Waals surface area contributed by atoms with Crippen molar-refractivity contribution in [3.8, 4) is 0 Å². The van der Waals surface area contributed by atoms with E-state index in [2.05, 4.69) is 13.2 Å². The predicted molar refractivity (Wildman–Crippen MR) is 83.1 cm³/mol. The van der Waals surface area contributed by atoms with E-state index in [1.54, 1.807) is 12.2 Å². The average Bonchev–Trinajstić information content (AvgIpc) is 2.41. The molecule has 0 fully saturated rings. The van der Waals surface area contributed by atoms with Crippen LogP contribution in [0.2, 0.25) is 10.0 Å². The van der Waals surface area contributed by atoms with Gasteiger partial charge in [-0.15, -0.1) is 0 Å². The van der Waals surface area contributed by atoms with Gasteiger partial charge < -0.3 is 0 Å². The van der Waals surface area contributed by atoms with Crippen LogP contribution in [0, 0.1) is 0 Å². The molecule has 0 aliphatic carbocycles. The molecule has 0 bridgehead atoms. The minimum absolute atomic E-state index is 0.757. The first kappa shape index (κ1) is 14.6. The normalized spacial score (nSPS) is 9.00. The molecule has 0 atom stereocenters. The molecule has 0 amide bonds. The van der Waals surface area contributed by atoms with E-state index in [1.807, 2.05) is 48.5 Å². The minimum atomic E-state index is 0.757. The van der Waals surface area contributed by atoms with Crippen LogP contribution in [0.4, 0.5) is 0 Å². The van der Waals surface area contributed by atoms with Crippen LogP contribution >= 0.6 is 23.2 Å². The molecule has 0 saturated carbocycles. The van der Waals surface area contributed by atoms with Crippen molar-refractivity contribution < 1.29 is 0 Å². The van der Waals surface area contributed by atoms with Crippen molar-refractivity contribution in [1.82, 2.24) is 0 Å². The second-order valence-electron chi connectivity index (χ2n) is 3.45. The van der Waals surface area contributed by atoms with E-state index in [9.17, 15) is 0 Å². The van der Waals surface area contributed by atoms with Crippen LogP contribution in [0.15, 0.2) is 61.7 Å². The van der Waals surface area contributed by atoms with Crippen LogP contribution < -0.4 is 0 Å². The molecule has 2 heteroatoms. The maximum absolute atomic E-state index is 5.75. The summed E-state index contributed by atoms with van der Waals surface area (Å²) in [7, 11) is 0. The fraction of sp³-hybridized carbons (Fsp3) is 0. The third kappa shape index (κ3) is 4.40. The summed E-state index contributed by atoms with van der Waals surface area (Å²) in [6.45, 7) is 7.21. The molecular formula is C16H14Cl2. The van der Waals surface area contributed by atoms with Crippen molar-refractivity contribution in [1.29, 1.82) is 0 Å². The first-order valence-corrected chi connectivity index (χ1v) is 6.18. The average molecular weight is 277 g/mol. The van der Waals surface area contributed by atoms with Gasteiger partial charge in [0.1, 0.15) is 0 Å². The van der Waals surface area contributed by atoms with Gasteiger partial charge in [-0.05, 0) is 23.3 Å². The number of halogens is 2. The van der Waals surface area contributed by atoms with Crippen LogP contribution in [0.3, 0.4) is 0 Å². The van der Waals surface area contributed by atoms with Crippen LogP contribution in [0.5, 0.6) is 0 Å². The molecule has 2 rings (SSSR count). The van der Waals surface area contributed by atoms with Gasteiger partial charge in [-0.25, -0.2) is 0 Å². The Morgan fingerprint density at radius 3 is 1.22 bits per heavy atom. The van der Waals surface area contributed by atoms with Crippen molar-refractivity contribution in [2.24, 2.45) is 0 Å². The summed E-state index contributed by atoms with van der Waals surface area (Å²) in [5.41, 5.74) is 1.97. The van der Waals surface area contributed by atoms with Gasteiger partial charge in [0.05, 0.1) is 0 Å². The molecule has 0 aliphatic heterocycles. The molecule has 0 nitrogen and oxygen atoms in total. The first-order chi connectivity index (χ1) is 8.69. The van der Waals surface area contributed by atoms with Gasteiger partial charge in [-0.1, -0.05) is 84.9 Å². The van der Waals surface area contributed by atoms with Gasteiger partial charge in [0.25, 0.3) is 0 Å². The monoisotopic (exact) mass is 276 g/mol. The Labute approximate surface area is 118 Å². The van der Waals surface area contributed by atoms with E-state index in [1.165, 1.54) is 0 Å². The summed E-state index contributed by atoms with van der Waals surface area (Å²) in [5.74, 6) is 0. The largest absolute Gasteiger partial charge is 0.0984 e. The summed E-state index contributed by atoms with van der Waals surface area (Å²) in [5, 5.41) is 1.51. The zero-order valence-corrected chi connectivity index (χ0v) is 11.5. The molecule has 92 valence electrons. The number of hydrogen-bond acceptors (Lipinski definition) is 0. The SMILES string of the molecule is C=Cc1ccccc1Cl.C=Cc1ccccc1Cl. The van der Waals surface area contributed by atoms with E-state index in [-0.39, 0.29) is 0 Å². The van der Waals surface area contributed by atoms with E-state index < -0.39 is 0 Å². The number of hydrogen-bond donors (Lipinski definition) is 0. The zero-order valence-electron chi connectivity index (χ0n) is 9.94. The maximum atomic E-state index is 5.75. The van der Waals surface area contributed by atoms with Gasteiger partial charge in [0, 0.05) is 10.0 Å². The molecule has 0 spiro atoms. The predicted octanol–water partition coefficient (Wildman–Crippen LogP) is 5.97. The van der Waals surface area contributed by atoms with E-state index in [0.29, 0.717) is 0 Å². The van der Waals surface area contributed by atoms with Crippen LogP contribution in [0.1, 0.15) is 11.1 Å². The molecule has 18 heavy (non-hydrogen) atoms. The highest BCUT2D eigenvalue weighted by molar-refractivity contribution is 6.32. The summed E-state index contributed by atoms with van der Waals surface area (Å²) >= 11 is 11.5. The van der Waals surface area contributed by atoms with Crippen molar-refractivity contribution in [3.05, 3.63) is 82.9 Å². The lowest BCUT2D eigenvalue weighted by Crippen LogP contribution is -1.69. The Kier molecular flexibility index (Phi) is 6.27.